The first kappa shape index (κ1) is 10.5. The average Bonchev–Trinajstić information content (AvgIpc) is 1.59. The Morgan fingerprint density at radius 3 is 1.89 bits per heavy atom. The van der Waals surface area contributed by atoms with Gasteiger partial charge in [-0.25, -0.2) is 0 Å². The molecular formula is C6H12Br2W. The van der Waals surface area contributed by atoms with Crippen molar-refractivity contribution in [3.05, 3.63) is 0 Å². The van der Waals surface area contributed by atoms with Gasteiger partial charge in [-0.15, -0.1) is 0 Å². The number of hydrogen-bond donors (Lipinski definition) is 0. The molecule has 0 aliphatic heterocycles. The van der Waals surface area contributed by atoms with E-state index in [1.54, 1.807) is 0 Å². The van der Waals surface area contributed by atoms with Crippen molar-refractivity contribution >= 4 is 31.0 Å². The van der Waals surface area contributed by atoms with Crippen LogP contribution in [0, 0.1) is 5.41 Å². The first-order valence-corrected chi connectivity index (χ1v) is 17.3. The monoisotopic (exact) mass is 426 g/mol. The molecule has 0 atom stereocenters. The van der Waals surface area contributed by atoms with Crippen LogP contribution in [0.1, 0.15) is 27.2 Å². The summed E-state index contributed by atoms with van der Waals surface area (Å²) in [5.74, 6) is 0. The third-order valence-electron chi connectivity index (χ3n) is 0.822. The second-order valence-electron chi connectivity index (χ2n) is 3.17. The third kappa shape index (κ3) is 9.52. The van der Waals surface area contributed by atoms with E-state index in [1.807, 2.05) is 0 Å². The molecule has 0 aliphatic carbocycles. The van der Waals surface area contributed by atoms with Crippen LogP contribution in [-0.4, -0.2) is 4.40 Å². The molecule has 0 aromatic carbocycles. The number of rotatable bonds is 1. The van der Waals surface area contributed by atoms with Crippen LogP contribution in [0.15, 0.2) is 0 Å². The number of hydrogen-bond acceptors (Lipinski definition) is 0. The zero-order valence-corrected chi connectivity index (χ0v) is 12.1. The summed E-state index contributed by atoms with van der Waals surface area (Å²) in [6.07, 6.45) is 1.22. The maximum atomic E-state index is 3.58. The number of halogens is 2. The molecule has 0 spiro atoms. The van der Waals surface area contributed by atoms with Crippen LogP contribution in [0.3, 0.4) is 0 Å². The molecule has 9 heavy (non-hydrogen) atoms. The predicted molar refractivity (Wildman–Crippen MR) is 48.0 cm³/mol. The van der Waals surface area contributed by atoms with Crippen molar-refractivity contribution in [2.75, 3.05) is 0 Å². The van der Waals surface area contributed by atoms with E-state index in [0.29, 0.717) is 5.41 Å². The summed E-state index contributed by atoms with van der Waals surface area (Å²) in [7, 11) is 0. The van der Waals surface area contributed by atoms with E-state index in [-0.39, 0.29) is 0 Å². The van der Waals surface area contributed by atoms with Gasteiger partial charge in [0.15, 0.2) is 0 Å². The van der Waals surface area contributed by atoms with E-state index in [2.05, 4.69) is 51.8 Å². The Balaban J connectivity index is 3.64. The average molecular weight is 428 g/mol. The predicted octanol–water partition coefficient (Wildman–Crippen LogP) is 3.46. The van der Waals surface area contributed by atoms with Crippen LogP contribution < -0.4 is 0 Å². The quantitative estimate of drug-likeness (QED) is 0.601. The van der Waals surface area contributed by atoms with Gasteiger partial charge in [-0.2, -0.15) is 0 Å². The molecule has 0 heterocycles. The second-order valence-corrected chi connectivity index (χ2v) is 24.6. The zero-order chi connectivity index (χ0) is 7.49. The van der Waals surface area contributed by atoms with Crippen molar-refractivity contribution in [1.29, 1.82) is 0 Å². The molecule has 0 nitrogen and oxygen atoms in total. The van der Waals surface area contributed by atoms with Gasteiger partial charge in [0.05, 0.1) is 0 Å². The van der Waals surface area contributed by atoms with Crippen LogP contribution >= 0.6 is 26.6 Å². The third-order valence-corrected chi connectivity index (χ3v) is 6.65. The summed E-state index contributed by atoms with van der Waals surface area (Å²) >= 11 is 5.94. The first-order chi connectivity index (χ1) is 3.92. The van der Waals surface area contributed by atoms with Gasteiger partial charge in [0.1, 0.15) is 0 Å². The Hall–Kier alpha value is 1.52. The molecule has 0 aromatic rings. The van der Waals surface area contributed by atoms with E-state index >= 15 is 0 Å². The SMILES string of the molecule is CC(C)(C)C[CH]=[W]([Br])[Br]. The van der Waals surface area contributed by atoms with E-state index in [9.17, 15) is 0 Å². The molecule has 0 aromatic heterocycles. The molecule has 3 heteroatoms. The van der Waals surface area contributed by atoms with Crippen LogP contribution in [-0.2, 0) is 12.7 Å². The van der Waals surface area contributed by atoms with Gasteiger partial charge in [-0.1, -0.05) is 0 Å². The van der Waals surface area contributed by atoms with Crippen molar-refractivity contribution in [2.45, 2.75) is 27.2 Å². The van der Waals surface area contributed by atoms with E-state index in [4.69, 9.17) is 0 Å². The molecule has 0 unspecified atom stereocenters. The first-order valence-electron chi connectivity index (χ1n) is 2.81. The Kier molecular flexibility index (Phi) is 5.15. The van der Waals surface area contributed by atoms with Crippen molar-refractivity contribution in [3.8, 4) is 0 Å². The van der Waals surface area contributed by atoms with Crippen molar-refractivity contribution in [3.63, 3.8) is 0 Å². The van der Waals surface area contributed by atoms with Gasteiger partial charge in [-0.3, -0.25) is 0 Å². The Bertz CT molecular complexity index is 109. The Morgan fingerprint density at radius 2 is 1.78 bits per heavy atom. The molecule has 0 radical (unpaired) electrons. The summed E-state index contributed by atoms with van der Waals surface area (Å²) in [4.78, 5) is 0. The molecular weight excluding hydrogens is 416 g/mol. The fourth-order valence-electron chi connectivity index (χ4n) is 0.313. The summed E-state index contributed by atoms with van der Waals surface area (Å²) < 4.78 is 2.40. The fourth-order valence-corrected chi connectivity index (χ4v) is 4.73. The topological polar surface area (TPSA) is 0 Å². The standard InChI is InChI=1S/C6H12.2BrH.W/c1-5-6(2,3)4;;;/h1H,5H2,2-4H3;2*1H;/q;;;+2/p-2. The fraction of sp³-hybridized carbons (Fsp3) is 0.833. The van der Waals surface area contributed by atoms with Crippen molar-refractivity contribution in [2.24, 2.45) is 5.41 Å². The van der Waals surface area contributed by atoms with Crippen LogP contribution in [0.2, 0.25) is 0 Å². The van der Waals surface area contributed by atoms with Gasteiger partial charge >= 0.3 is 76.3 Å². The van der Waals surface area contributed by atoms with Gasteiger partial charge in [0, 0.05) is 0 Å². The molecule has 0 saturated carbocycles. The van der Waals surface area contributed by atoms with Gasteiger partial charge in [0.25, 0.3) is 0 Å². The van der Waals surface area contributed by atoms with Gasteiger partial charge in [0.2, 0.25) is 0 Å². The van der Waals surface area contributed by atoms with E-state index in [0.717, 1.165) is 0 Å². The van der Waals surface area contributed by atoms with Crippen LogP contribution in [0.5, 0.6) is 0 Å². The van der Waals surface area contributed by atoms with E-state index in [1.165, 1.54) is 6.42 Å². The molecule has 0 rings (SSSR count). The summed E-state index contributed by atoms with van der Waals surface area (Å²) in [6, 6.07) is 0. The van der Waals surface area contributed by atoms with Crippen LogP contribution in [0.25, 0.3) is 0 Å². The molecule has 0 N–H and O–H groups in total. The molecule has 56 valence electrons. The Labute approximate surface area is 75.8 Å². The van der Waals surface area contributed by atoms with E-state index < -0.39 is 12.7 Å². The summed E-state index contributed by atoms with van der Waals surface area (Å²) in [6.45, 7) is 6.78. The second kappa shape index (κ2) is 4.41. The van der Waals surface area contributed by atoms with Crippen molar-refractivity contribution < 1.29 is 12.7 Å². The minimum atomic E-state index is -1.22. The zero-order valence-electron chi connectivity index (χ0n) is 5.95. The maximum absolute atomic E-state index is 3.58. The molecule has 0 bridgehead atoms. The van der Waals surface area contributed by atoms with Gasteiger partial charge in [-0.05, 0) is 0 Å². The van der Waals surface area contributed by atoms with Gasteiger partial charge < -0.3 is 0 Å². The molecule has 0 fully saturated rings. The van der Waals surface area contributed by atoms with Crippen LogP contribution in [0.4, 0.5) is 0 Å². The van der Waals surface area contributed by atoms with Crippen molar-refractivity contribution in [1.82, 2.24) is 0 Å². The molecule has 0 aliphatic rings. The minimum absolute atomic E-state index is 0.465. The summed E-state index contributed by atoms with van der Waals surface area (Å²) in [5.41, 5.74) is 0.465. The summed E-state index contributed by atoms with van der Waals surface area (Å²) in [5, 5.41) is 0. The molecule has 0 amide bonds. The normalized spacial score (nSPS) is 12.2. The molecule has 0 saturated heterocycles. The Morgan fingerprint density at radius 1 is 1.33 bits per heavy atom.